The van der Waals surface area contributed by atoms with Gasteiger partial charge in [-0.2, -0.15) is 0 Å². The molecule has 0 aromatic rings. The number of aliphatic hydroxyl groups excluding tert-OH is 1. The minimum absolute atomic E-state index is 0.105. The van der Waals surface area contributed by atoms with E-state index >= 15 is 0 Å². The molecule has 3 atom stereocenters. The highest BCUT2D eigenvalue weighted by molar-refractivity contribution is 5.81. The number of hydrogen-bond donors (Lipinski definition) is 2. The van der Waals surface area contributed by atoms with Crippen LogP contribution in [0.25, 0.3) is 0 Å². The van der Waals surface area contributed by atoms with Gasteiger partial charge < -0.3 is 10.4 Å². The lowest BCUT2D eigenvalue weighted by atomic mass is 9.83. The molecule has 0 aliphatic heterocycles. The molecule has 0 spiro atoms. The summed E-state index contributed by atoms with van der Waals surface area (Å²) in [6.45, 7) is 6.33. The number of carbonyl (C=O) groups is 1. The summed E-state index contributed by atoms with van der Waals surface area (Å²) >= 11 is 0. The Morgan fingerprint density at radius 3 is 2.50 bits per heavy atom. The second kappa shape index (κ2) is 6.24. The molecular formula is C13H25NO2. The molecule has 16 heavy (non-hydrogen) atoms. The predicted octanol–water partition coefficient (Wildman–Crippen LogP) is 2.09. The molecule has 0 aromatic carbocycles. The van der Waals surface area contributed by atoms with E-state index in [0.717, 1.165) is 32.1 Å². The van der Waals surface area contributed by atoms with Gasteiger partial charge in [0.25, 0.3) is 0 Å². The van der Waals surface area contributed by atoms with Gasteiger partial charge in [0.05, 0.1) is 0 Å². The van der Waals surface area contributed by atoms with Crippen molar-refractivity contribution in [2.45, 2.75) is 65.0 Å². The van der Waals surface area contributed by atoms with Crippen molar-refractivity contribution in [2.75, 3.05) is 0 Å². The molecule has 3 unspecified atom stereocenters. The SMILES string of the molecule is CCCC(C(C)CC)C(O)C(=O)NC1CC1. The molecule has 1 fully saturated rings. The van der Waals surface area contributed by atoms with Gasteiger partial charge in [0.1, 0.15) is 6.10 Å². The van der Waals surface area contributed by atoms with Gasteiger partial charge in [-0.3, -0.25) is 4.79 Å². The first kappa shape index (κ1) is 13.5. The van der Waals surface area contributed by atoms with E-state index in [1.807, 2.05) is 0 Å². The van der Waals surface area contributed by atoms with E-state index in [0.29, 0.717) is 12.0 Å². The molecule has 0 saturated heterocycles. The van der Waals surface area contributed by atoms with Crippen molar-refractivity contribution in [1.82, 2.24) is 5.32 Å². The van der Waals surface area contributed by atoms with Gasteiger partial charge in [-0.1, -0.05) is 33.6 Å². The smallest absolute Gasteiger partial charge is 0.249 e. The van der Waals surface area contributed by atoms with Crippen molar-refractivity contribution < 1.29 is 9.90 Å². The predicted molar refractivity (Wildman–Crippen MR) is 65.0 cm³/mol. The summed E-state index contributed by atoms with van der Waals surface area (Å²) in [6, 6.07) is 0.335. The molecule has 0 heterocycles. The van der Waals surface area contributed by atoms with Crippen LogP contribution in [0.4, 0.5) is 0 Å². The zero-order valence-corrected chi connectivity index (χ0v) is 10.7. The molecule has 2 N–H and O–H groups in total. The molecule has 3 nitrogen and oxygen atoms in total. The van der Waals surface area contributed by atoms with Crippen molar-refractivity contribution in [1.29, 1.82) is 0 Å². The van der Waals surface area contributed by atoms with Gasteiger partial charge in [-0.25, -0.2) is 0 Å². The Bertz CT molecular complexity index is 226. The molecular weight excluding hydrogens is 202 g/mol. The average molecular weight is 227 g/mol. The largest absolute Gasteiger partial charge is 0.383 e. The summed E-state index contributed by atoms with van der Waals surface area (Å²) in [5.41, 5.74) is 0. The summed E-state index contributed by atoms with van der Waals surface area (Å²) in [4.78, 5) is 11.8. The molecule has 94 valence electrons. The highest BCUT2D eigenvalue weighted by atomic mass is 16.3. The average Bonchev–Trinajstić information content (AvgIpc) is 3.07. The minimum Gasteiger partial charge on any atom is -0.383 e. The Morgan fingerprint density at radius 1 is 1.44 bits per heavy atom. The van der Waals surface area contributed by atoms with Gasteiger partial charge in [0, 0.05) is 6.04 Å². The molecule has 0 bridgehead atoms. The summed E-state index contributed by atoms with van der Waals surface area (Å²) in [5.74, 6) is 0.343. The third kappa shape index (κ3) is 3.78. The fraction of sp³-hybridized carbons (Fsp3) is 0.923. The summed E-state index contributed by atoms with van der Waals surface area (Å²) in [7, 11) is 0. The van der Waals surface area contributed by atoms with E-state index in [1.54, 1.807) is 0 Å². The second-order valence-electron chi connectivity index (χ2n) is 5.07. The molecule has 0 aromatic heterocycles. The standard InChI is InChI=1S/C13H25NO2/c1-4-6-11(9(3)5-2)12(15)13(16)14-10-7-8-10/h9-12,15H,4-8H2,1-3H3,(H,14,16). The Kier molecular flexibility index (Phi) is 5.26. The van der Waals surface area contributed by atoms with Crippen molar-refractivity contribution in [3.63, 3.8) is 0 Å². The maximum absolute atomic E-state index is 11.8. The first-order chi connectivity index (χ1) is 7.60. The van der Waals surface area contributed by atoms with Crippen LogP contribution < -0.4 is 5.32 Å². The van der Waals surface area contributed by atoms with E-state index in [4.69, 9.17) is 0 Å². The van der Waals surface area contributed by atoms with Crippen LogP contribution in [0.1, 0.15) is 52.9 Å². The van der Waals surface area contributed by atoms with Crippen LogP contribution in [0.3, 0.4) is 0 Å². The van der Waals surface area contributed by atoms with Gasteiger partial charge in [-0.05, 0) is 31.1 Å². The van der Waals surface area contributed by atoms with Crippen molar-refractivity contribution >= 4 is 5.91 Å². The van der Waals surface area contributed by atoms with E-state index in [9.17, 15) is 9.90 Å². The lowest BCUT2D eigenvalue weighted by molar-refractivity contribution is -0.133. The number of nitrogens with one attached hydrogen (secondary N) is 1. The van der Waals surface area contributed by atoms with Crippen LogP contribution >= 0.6 is 0 Å². The highest BCUT2D eigenvalue weighted by Gasteiger charge is 2.32. The summed E-state index contributed by atoms with van der Waals surface area (Å²) in [5, 5.41) is 13.0. The first-order valence-electron chi connectivity index (χ1n) is 6.58. The molecule has 3 heteroatoms. The Hall–Kier alpha value is -0.570. The Balaban J connectivity index is 2.49. The van der Waals surface area contributed by atoms with Crippen molar-refractivity contribution in [3.8, 4) is 0 Å². The van der Waals surface area contributed by atoms with Gasteiger partial charge in [-0.15, -0.1) is 0 Å². The molecule has 1 rings (SSSR count). The maximum Gasteiger partial charge on any atom is 0.249 e. The fourth-order valence-corrected chi connectivity index (χ4v) is 2.10. The first-order valence-corrected chi connectivity index (χ1v) is 6.58. The Morgan fingerprint density at radius 2 is 2.06 bits per heavy atom. The lowest BCUT2D eigenvalue weighted by Crippen LogP contribution is -2.42. The second-order valence-corrected chi connectivity index (χ2v) is 5.07. The maximum atomic E-state index is 11.8. The van der Waals surface area contributed by atoms with Crippen LogP contribution in [-0.2, 0) is 4.79 Å². The number of hydrogen-bond acceptors (Lipinski definition) is 2. The lowest BCUT2D eigenvalue weighted by Gasteiger charge is -2.27. The summed E-state index contributed by atoms with van der Waals surface area (Å²) in [6.07, 6.45) is 4.27. The third-order valence-corrected chi connectivity index (χ3v) is 3.59. The summed E-state index contributed by atoms with van der Waals surface area (Å²) < 4.78 is 0. The highest BCUT2D eigenvalue weighted by Crippen LogP contribution is 2.25. The molecule has 1 aliphatic carbocycles. The monoisotopic (exact) mass is 227 g/mol. The van der Waals surface area contributed by atoms with Gasteiger partial charge in [0.2, 0.25) is 5.91 Å². The third-order valence-electron chi connectivity index (χ3n) is 3.59. The van der Waals surface area contributed by atoms with Crippen LogP contribution in [0.2, 0.25) is 0 Å². The van der Waals surface area contributed by atoms with Crippen LogP contribution in [0, 0.1) is 11.8 Å². The van der Waals surface area contributed by atoms with E-state index < -0.39 is 6.10 Å². The topological polar surface area (TPSA) is 49.3 Å². The molecule has 1 amide bonds. The van der Waals surface area contributed by atoms with Crippen molar-refractivity contribution in [3.05, 3.63) is 0 Å². The fourth-order valence-electron chi connectivity index (χ4n) is 2.10. The zero-order valence-electron chi connectivity index (χ0n) is 10.7. The van der Waals surface area contributed by atoms with E-state index in [2.05, 4.69) is 26.1 Å². The van der Waals surface area contributed by atoms with Gasteiger partial charge in [0.15, 0.2) is 0 Å². The van der Waals surface area contributed by atoms with Crippen LogP contribution in [0.15, 0.2) is 0 Å². The normalized spacial score (nSPS) is 21.2. The number of rotatable bonds is 7. The molecule has 0 radical (unpaired) electrons. The van der Waals surface area contributed by atoms with Gasteiger partial charge >= 0.3 is 0 Å². The number of aliphatic hydroxyl groups is 1. The molecule has 1 aliphatic rings. The zero-order chi connectivity index (χ0) is 12.1. The van der Waals surface area contributed by atoms with E-state index in [1.165, 1.54) is 0 Å². The number of amides is 1. The van der Waals surface area contributed by atoms with Crippen LogP contribution in [-0.4, -0.2) is 23.2 Å². The quantitative estimate of drug-likeness (QED) is 0.699. The molecule has 1 saturated carbocycles. The van der Waals surface area contributed by atoms with E-state index in [-0.39, 0.29) is 11.8 Å². The minimum atomic E-state index is -0.824. The number of carbonyl (C=O) groups excluding carboxylic acids is 1. The Labute approximate surface area is 98.6 Å². The van der Waals surface area contributed by atoms with Crippen LogP contribution in [0.5, 0.6) is 0 Å². The van der Waals surface area contributed by atoms with Crippen molar-refractivity contribution in [2.24, 2.45) is 11.8 Å².